The number of nitrogens with zero attached hydrogens (tertiary/aromatic N) is 2. The van der Waals surface area contributed by atoms with Crippen LogP contribution in [0.1, 0.15) is 30.7 Å². The average Bonchev–Trinajstić information content (AvgIpc) is 3.05. The van der Waals surface area contributed by atoms with Crippen molar-refractivity contribution in [3.63, 3.8) is 0 Å². The van der Waals surface area contributed by atoms with Gasteiger partial charge >= 0.3 is 0 Å². The Balaban J connectivity index is 1.71. The van der Waals surface area contributed by atoms with Gasteiger partial charge in [0.1, 0.15) is 23.8 Å². The van der Waals surface area contributed by atoms with Crippen molar-refractivity contribution in [3.8, 4) is 5.88 Å². The molecule has 140 valence electrons. The highest BCUT2D eigenvalue weighted by atomic mass is 16.5. The van der Waals surface area contributed by atoms with Gasteiger partial charge in [0.15, 0.2) is 0 Å². The van der Waals surface area contributed by atoms with E-state index in [2.05, 4.69) is 4.98 Å². The number of hydrogen-bond donors (Lipinski definition) is 0. The van der Waals surface area contributed by atoms with Crippen LogP contribution >= 0.6 is 0 Å². The first-order valence-electron chi connectivity index (χ1n) is 9.16. The second kappa shape index (κ2) is 7.12. The van der Waals surface area contributed by atoms with E-state index in [4.69, 9.17) is 9.15 Å². The lowest BCUT2D eigenvalue weighted by Gasteiger charge is -2.19. The van der Waals surface area contributed by atoms with E-state index in [1.165, 1.54) is 0 Å². The van der Waals surface area contributed by atoms with Crippen LogP contribution in [-0.4, -0.2) is 48.7 Å². The summed E-state index contributed by atoms with van der Waals surface area (Å²) in [5.41, 5.74) is 2.38. The molecule has 2 aromatic heterocycles. The number of benzene rings is 1. The quantitative estimate of drug-likeness (QED) is 0.645. The first kappa shape index (κ1) is 17.7. The maximum atomic E-state index is 12.4. The Labute approximate surface area is 157 Å². The van der Waals surface area contributed by atoms with E-state index in [9.17, 15) is 9.59 Å². The third-order valence-corrected chi connectivity index (χ3v) is 5.04. The molecule has 6 heteroatoms. The maximum absolute atomic E-state index is 12.4. The summed E-state index contributed by atoms with van der Waals surface area (Å²) in [7, 11) is 3.99. The number of likely N-dealkylation sites (N-methyl/N-ethyl adjacent to an activating group) is 1. The zero-order chi connectivity index (χ0) is 19.0. The SMILES string of the molecule is CN(C)CCOc1ccc2c(ccc3occ(C4CCC(=O)CC4=O)c32)n1. The second-order valence-electron chi connectivity index (χ2n) is 7.27. The molecule has 6 nitrogen and oxygen atoms in total. The number of pyridine rings is 1. The van der Waals surface area contributed by atoms with E-state index in [0.29, 0.717) is 25.3 Å². The lowest BCUT2D eigenvalue weighted by atomic mass is 9.82. The predicted molar refractivity (Wildman–Crippen MR) is 102 cm³/mol. The number of Topliss-reactive ketones (excluding diaryl/α,β-unsaturated/α-hetero) is 2. The fraction of sp³-hybridized carbons (Fsp3) is 0.381. The molecule has 27 heavy (non-hydrogen) atoms. The Morgan fingerprint density at radius 2 is 2.07 bits per heavy atom. The molecule has 1 saturated carbocycles. The number of aromatic nitrogens is 1. The summed E-state index contributed by atoms with van der Waals surface area (Å²) in [6.45, 7) is 1.38. The van der Waals surface area contributed by atoms with Gasteiger partial charge < -0.3 is 14.1 Å². The Kier molecular flexibility index (Phi) is 4.66. The van der Waals surface area contributed by atoms with Crippen LogP contribution in [-0.2, 0) is 9.59 Å². The molecule has 1 atom stereocenters. The molecule has 4 rings (SSSR count). The molecule has 0 amide bonds. The number of ketones is 2. The van der Waals surface area contributed by atoms with Crippen LogP contribution in [0.4, 0.5) is 0 Å². The molecule has 3 aromatic rings. The van der Waals surface area contributed by atoms with Gasteiger partial charge in [-0.2, -0.15) is 0 Å². The molecule has 1 aliphatic carbocycles. The first-order valence-corrected chi connectivity index (χ1v) is 9.16. The minimum atomic E-state index is -0.287. The molecule has 1 unspecified atom stereocenters. The van der Waals surface area contributed by atoms with Gasteiger partial charge in [0.2, 0.25) is 5.88 Å². The minimum Gasteiger partial charge on any atom is -0.476 e. The fourth-order valence-corrected chi connectivity index (χ4v) is 3.62. The number of ether oxygens (including phenoxy) is 1. The number of hydrogen-bond acceptors (Lipinski definition) is 6. The number of rotatable bonds is 5. The van der Waals surface area contributed by atoms with E-state index in [0.717, 1.165) is 34.0 Å². The fourth-order valence-electron chi connectivity index (χ4n) is 3.62. The van der Waals surface area contributed by atoms with Crippen molar-refractivity contribution in [1.29, 1.82) is 0 Å². The second-order valence-corrected chi connectivity index (χ2v) is 7.27. The van der Waals surface area contributed by atoms with Gasteiger partial charge in [0, 0.05) is 41.3 Å². The molecule has 2 heterocycles. The van der Waals surface area contributed by atoms with Crippen LogP contribution in [0, 0.1) is 0 Å². The normalized spacial score (nSPS) is 18.0. The molecule has 0 N–H and O–H groups in total. The van der Waals surface area contributed by atoms with Crippen molar-refractivity contribution in [3.05, 3.63) is 36.1 Å². The van der Waals surface area contributed by atoms with Gasteiger partial charge in [-0.25, -0.2) is 4.98 Å². The Bertz CT molecular complexity index is 1020. The highest BCUT2D eigenvalue weighted by Crippen LogP contribution is 2.38. The maximum Gasteiger partial charge on any atom is 0.213 e. The Hall–Kier alpha value is -2.73. The highest BCUT2D eigenvalue weighted by Gasteiger charge is 2.31. The molecule has 0 spiro atoms. The molecule has 1 aromatic carbocycles. The summed E-state index contributed by atoms with van der Waals surface area (Å²) in [4.78, 5) is 30.6. The Morgan fingerprint density at radius 3 is 2.85 bits per heavy atom. The summed E-state index contributed by atoms with van der Waals surface area (Å²) < 4.78 is 11.4. The topological polar surface area (TPSA) is 72.6 Å². The van der Waals surface area contributed by atoms with E-state index in [1.54, 1.807) is 6.26 Å². The van der Waals surface area contributed by atoms with Gasteiger partial charge in [-0.15, -0.1) is 0 Å². The third kappa shape index (κ3) is 3.45. The molecule has 0 bridgehead atoms. The van der Waals surface area contributed by atoms with Crippen LogP contribution in [0.25, 0.3) is 21.9 Å². The number of fused-ring (bicyclic) bond motifs is 3. The van der Waals surface area contributed by atoms with E-state index in [1.807, 2.05) is 43.3 Å². The minimum absolute atomic E-state index is 0.0181. The van der Waals surface area contributed by atoms with Crippen molar-refractivity contribution < 1.29 is 18.7 Å². The van der Waals surface area contributed by atoms with E-state index < -0.39 is 0 Å². The van der Waals surface area contributed by atoms with Crippen molar-refractivity contribution in [2.75, 3.05) is 27.2 Å². The highest BCUT2D eigenvalue weighted by molar-refractivity contribution is 6.10. The van der Waals surface area contributed by atoms with Crippen LogP contribution in [0.5, 0.6) is 5.88 Å². The van der Waals surface area contributed by atoms with Crippen molar-refractivity contribution >= 4 is 33.4 Å². The molecule has 0 saturated heterocycles. The van der Waals surface area contributed by atoms with E-state index >= 15 is 0 Å². The molecule has 0 radical (unpaired) electrons. The number of carbonyl (C=O) groups excluding carboxylic acids is 2. The van der Waals surface area contributed by atoms with Gasteiger partial charge in [0.05, 0.1) is 18.2 Å². The van der Waals surface area contributed by atoms with E-state index in [-0.39, 0.29) is 23.9 Å². The Morgan fingerprint density at radius 1 is 1.22 bits per heavy atom. The summed E-state index contributed by atoms with van der Waals surface area (Å²) in [5, 5.41) is 1.84. The van der Waals surface area contributed by atoms with Gasteiger partial charge in [-0.3, -0.25) is 9.59 Å². The van der Waals surface area contributed by atoms with Gasteiger partial charge in [-0.1, -0.05) is 0 Å². The zero-order valence-corrected chi connectivity index (χ0v) is 15.5. The lowest BCUT2D eigenvalue weighted by Crippen LogP contribution is -2.23. The molecular formula is C21H22N2O4. The third-order valence-electron chi connectivity index (χ3n) is 5.04. The first-order chi connectivity index (χ1) is 13.0. The van der Waals surface area contributed by atoms with Crippen LogP contribution in [0.3, 0.4) is 0 Å². The lowest BCUT2D eigenvalue weighted by molar-refractivity contribution is -0.130. The molecule has 0 aliphatic heterocycles. The number of furan rings is 1. The van der Waals surface area contributed by atoms with Gasteiger partial charge in [0.25, 0.3) is 0 Å². The largest absolute Gasteiger partial charge is 0.476 e. The smallest absolute Gasteiger partial charge is 0.213 e. The molecule has 1 fully saturated rings. The molecular weight excluding hydrogens is 344 g/mol. The van der Waals surface area contributed by atoms with Crippen LogP contribution in [0.15, 0.2) is 34.9 Å². The zero-order valence-electron chi connectivity index (χ0n) is 15.5. The average molecular weight is 366 g/mol. The summed E-state index contributed by atoms with van der Waals surface area (Å²) >= 11 is 0. The van der Waals surface area contributed by atoms with Crippen LogP contribution < -0.4 is 4.74 Å². The standard InChI is InChI=1S/C21H22N2O4/c1-23(2)9-10-26-20-8-5-15-17(22-20)6-7-19-21(15)16(12-27-19)14-4-3-13(24)11-18(14)25/h5-8,12,14H,3-4,9-11H2,1-2H3. The summed E-state index contributed by atoms with van der Waals surface area (Å²) in [5.74, 6) is 0.288. The van der Waals surface area contributed by atoms with Gasteiger partial charge in [-0.05, 0) is 38.7 Å². The van der Waals surface area contributed by atoms with Crippen molar-refractivity contribution in [1.82, 2.24) is 9.88 Å². The predicted octanol–water partition coefficient (Wildman–Crippen LogP) is 3.33. The molecule has 1 aliphatic rings. The van der Waals surface area contributed by atoms with Crippen molar-refractivity contribution in [2.45, 2.75) is 25.2 Å². The summed E-state index contributed by atoms with van der Waals surface area (Å²) in [6, 6.07) is 7.58. The monoisotopic (exact) mass is 366 g/mol. The number of carbonyl (C=O) groups is 2. The summed E-state index contributed by atoms with van der Waals surface area (Å²) in [6.07, 6.45) is 2.66. The van der Waals surface area contributed by atoms with Crippen LogP contribution in [0.2, 0.25) is 0 Å². The van der Waals surface area contributed by atoms with Crippen molar-refractivity contribution in [2.24, 2.45) is 0 Å².